The molecule has 0 spiro atoms. The molecule has 0 radical (unpaired) electrons. The number of rotatable bonds is 15. The second kappa shape index (κ2) is 17.9. The number of aliphatic hydroxyl groups excluding tert-OH is 1. The highest BCUT2D eigenvalue weighted by Crippen LogP contribution is 2.02. The molecule has 0 aliphatic carbocycles. The third kappa shape index (κ3) is 16.9. The van der Waals surface area contributed by atoms with Crippen molar-refractivity contribution >= 4 is 11.8 Å². The highest BCUT2D eigenvalue weighted by Gasteiger charge is 1.99. The molecule has 0 aliphatic heterocycles. The van der Waals surface area contributed by atoms with E-state index >= 15 is 0 Å². The highest BCUT2D eigenvalue weighted by atomic mass is 16.5. The topological polar surface area (TPSA) is 63.6 Å². The standard InChI is InChI=1S/C22H34O4/c1-3-5-6-7-10-15-20(23)17-13-14-18-21(24)16-11-8-9-12-19-22(25)26-4-2/h8,10-11,13-15,17-18,21,24H,3-7,9,12,16,19H2,1-2H3/b11-8-,15-10+,17-13+,18-14+/t21-/m1/s1. The maximum Gasteiger partial charge on any atom is 0.305 e. The van der Waals surface area contributed by atoms with E-state index in [0.717, 1.165) is 25.7 Å². The van der Waals surface area contributed by atoms with E-state index in [1.807, 2.05) is 18.2 Å². The van der Waals surface area contributed by atoms with Crippen molar-refractivity contribution in [1.82, 2.24) is 0 Å². The van der Waals surface area contributed by atoms with Crippen LogP contribution in [0.4, 0.5) is 0 Å². The van der Waals surface area contributed by atoms with Gasteiger partial charge in [-0.05, 0) is 51.2 Å². The van der Waals surface area contributed by atoms with Gasteiger partial charge in [0, 0.05) is 6.42 Å². The van der Waals surface area contributed by atoms with Crippen LogP contribution >= 0.6 is 0 Å². The number of unbranched alkanes of at least 4 members (excludes halogenated alkanes) is 4. The van der Waals surface area contributed by atoms with Crippen LogP contribution in [0.3, 0.4) is 0 Å². The van der Waals surface area contributed by atoms with Crippen LogP contribution in [0.25, 0.3) is 0 Å². The molecular formula is C22H34O4. The zero-order chi connectivity index (χ0) is 19.5. The summed E-state index contributed by atoms with van der Waals surface area (Å²) in [5.74, 6) is -0.205. The van der Waals surface area contributed by atoms with Crippen LogP contribution in [0.2, 0.25) is 0 Å². The third-order valence-corrected chi connectivity index (χ3v) is 3.56. The van der Waals surface area contributed by atoms with Crippen LogP contribution < -0.4 is 0 Å². The number of esters is 1. The minimum Gasteiger partial charge on any atom is -0.466 e. The monoisotopic (exact) mass is 362 g/mol. The van der Waals surface area contributed by atoms with Crippen molar-refractivity contribution in [3.05, 3.63) is 48.6 Å². The van der Waals surface area contributed by atoms with Gasteiger partial charge in [0.25, 0.3) is 0 Å². The number of carbonyl (C=O) groups is 2. The second-order valence-corrected chi connectivity index (χ2v) is 6.02. The van der Waals surface area contributed by atoms with Gasteiger partial charge in [-0.3, -0.25) is 9.59 Å². The lowest BCUT2D eigenvalue weighted by molar-refractivity contribution is -0.143. The van der Waals surface area contributed by atoms with E-state index in [9.17, 15) is 14.7 Å². The van der Waals surface area contributed by atoms with Gasteiger partial charge in [0.2, 0.25) is 0 Å². The number of hydrogen-bond donors (Lipinski definition) is 1. The summed E-state index contributed by atoms with van der Waals surface area (Å²) in [6.45, 7) is 4.37. The molecule has 0 amide bonds. The summed E-state index contributed by atoms with van der Waals surface area (Å²) in [5, 5.41) is 9.81. The van der Waals surface area contributed by atoms with Crippen LogP contribution in [0.15, 0.2) is 48.6 Å². The van der Waals surface area contributed by atoms with Gasteiger partial charge < -0.3 is 9.84 Å². The Labute approximate surface area is 158 Å². The highest BCUT2D eigenvalue weighted by molar-refractivity contribution is 5.99. The maximum absolute atomic E-state index is 11.6. The average molecular weight is 363 g/mol. The first-order chi connectivity index (χ1) is 12.6. The van der Waals surface area contributed by atoms with Gasteiger partial charge in [0.15, 0.2) is 5.78 Å². The first-order valence-electron chi connectivity index (χ1n) is 9.64. The van der Waals surface area contributed by atoms with E-state index in [2.05, 4.69) is 6.92 Å². The Kier molecular flexibility index (Phi) is 16.5. The predicted octanol–water partition coefficient (Wildman–Crippen LogP) is 4.85. The van der Waals surface area contributed by atoms with E-state index in [4.69, 9.17) is 4.74 Å². The Bertz CT molecular complexity index is 486. The summed E-state index contributed by atoms with van der Waals surface area (Å²) in [7, 11) is 0. The number of hydrogen-bond acceptors (Lipinski definition) is 4. The number of ether oxygens (including phenoxy) is 1. The molecule has 0 aliphatic rings. The van der Waals surface area contributed by atoms with Gasteiger partial charge in [0.1, 0.15) is 0 Å². The predicted molar refractivity (Wildman–Crippen MR) is 107 cm³/mol. The molecule has 0 aromatic rings. The summed E-state index contributed by atoms with van der Waals surface area (Å²) in [6, 6.07) is 0. The van der Waals surface area contributed by atoms with Crippen molar-refractivity contribution in [3.63, 3.8) is 0 Å². The van der Waals surface area contributed by atoms with Gasteiger partial charge in [-0.25, -0.2) is 0 Å². The molecule has 0 unspecified atom stereocenters. The fraction of sp³-hybridized carbons (Fsp3) is 0.545. The summed E-state index contributed by atoms with van der Waals surface area (Å²) < 4.78 is 4.85. The van der Waals surface area contributed by atoms with E-state index in [1.165, 1.54) is 18.9 Å². The lowest BCUT2D eigenvalue weighted by Crippen LogP contribution is -2.02. The lowest BCUT2D eigenvalue weighted by atomic mass is 10.1. The summed E-state index contributed by atoms with van der Waals surface area (Å²) >= 11 is 0. The molecule has 0 bridgehead atoms. The molecule has 0 fully saturated rings. The van der Waals surface area contributed by atoms with Crippen molar-refractivity contribution in [1.29, 1.82) is 0 Å². The number of carbonyl (C=O) groups excluding carboxylic acids is 2. The first kappa shape index (κ1) is 24.1. The van der Waals surface area contributed by atoms with E-state index < -0.39 is 6.10 Å². The van der Waals surface area contributed by atoms with E-state index in [-0.39, 0.29) is 11.8 Å². The van der Waals surface area contributed by atoms with Crippen LogP contribution in [0.5, 0.6) is 0 Å². The van der Waals surface area contributed by atoms with Crippen molar-refractivity contribution in [2.45, 2.75) is 71.3 Å². The zero-order valence-electron chi connectivity index (χ0n) is 16.2. The number of allylic oxidation sites excluding steroid dienone is 6. The molecule has 1 atom stereocenters. The lowest BCUT2D eigenvalue weighted by Gasteiger charge is -2.00. The minimum atomic E-state index is -0.583. The van der Waals surface area contributed by atoms with E-state index in [1.54, 1.807) is 31.2 Å². The maximum atomic E-state index is 11.6. The summed E-state index contributed by atoms with van der Waals surface area (Å²) in [4.78, 5) is 22.7. The fourth-order valence-corrected chi connectivity index (χ4v) is 2.14. The minimum absolute atomic E-state index is 0.0397. The van der Waals surface area contributed by atoms with Gasteiger partial charge in [0.05, 0.1) is 12.7 Å². The molecule has 0 aromatic heterocycles. The molecule has 0 saturated heterocycles. The Morgan fingerprint density at radius 3 is 2.46 bits per heavy atom. The normalized spacial score (nSPS) is 13.3. The Hall–Kier alpha value is -1.94. The number of ketones is 1. The summed E-state index contributed by atoms with van der Waals surface area (Å²) in [6.07, 6.45) is 20.1. The molecule has 26 heavy (non-hydrogen) atoms. The van der Waals surface area contributed by atoms with Crippen LogP contribution in [0, 0.1) is 0 Å². The molecule has 4 heteroatoms. The first-order valence-corrected chi connectivity index (χ1v) is 9.64. The van der Waals surface area contributed by atoms with Crippen molar-refractivity contribution in [2.75, 3.05) is 6.61 Å². The van der Waals surface area contributed by atoms with Crippen molar-refractivity contribution in [2.24, 2.45) is 0 Å². The Balaban J connectivity index is 3.84. The molecule has 0 rings (SSSR count). The SMILES string of the molecule is CCCCC/C=C/C(=O)/C=C/C=C/[C@H](O)C/C=C\CCCC(=O)OCC. The largest absolute Gasteiger partial charge is 0.466 e. The second-order valence-electron chi connectivity index (χ2n) is 6.02. The van der Waals surface area contributed by atoms with Gasteiger partial charge in [-0.2, -0.15) is 0 Å². The quantitative estimate of drug-likeness (QED) is 0.149. The molecular weight excluding hydrogens is 328 g/mol. The average Bonchev–Trinajstić information content (AvgIpc) is 2.61. The zero-order valence-corrected chi connectivity index (χ0v) is 16.2. The summed E-state index contributed by atoms with van der Waals surface area (Å²) in [5.41, 5.74) is 0. The molecule has 146 valence electrons. The Morgan fingerprint density at radius 2 is 1.73 bits per heavy atom. The van der Waals surface area contributed by atoms with Gasteiger partial charge in [-0.15, -0.1) is 0 Å². The fourth-order valence-electron chi connectivity index (χ4n) is 2.14. The molecule has 0 saturated carbocycles. The Morgan fingerprint density at radius 1 is 0.962 bits per heavy atom. The molecule has 0 heterocycles. The van der Waals surface area contributed by atoms with Crippen molar-refractivity contribution < 1.29 is 19.4 Å². The molecule has 1 N–H and O–H groups in total. The van der Waals surface area contributed by atoms with Gasteiger partial charge >= 0.3 is 5.97 Å². The molecule has 0 aromatic carbocycles. The number of aliphatic hydroxyl groups is 1. The smallest absolute Gasteiger partial charge is 0.305 e. The van der Waals surface area contributed by atoms with Gasteiger partial charge in [-0.1, -0.05) is 56.2 Å². The van der Waals surface area contributed by atoms with Crippen LogP contribution in [-0.4, -0.2) is 29.6 Å². The van der Waals surface area contributed by atoms with Crippen LogP contribution in [-0.2, 0) is 14.3 Å². The van der Waals surface area contributed by atoms with Crippen LogP contribution in [0.1, 0.15) is 65.2 Å². The van der Waals surface area contributed by atoms with Crippen molar-refractivity contribution in [3.8, 4) is 0 Å². The third-order valence-electron chi connectivity index (χ3n) is 3.56. The van der Waals surface area contributed by atoms with E-state index in [0.29, 0.717) is 19.4 Å². The molecule has 4 nitrogen and oxygen atoms in total.